The van der Waals surface area contributed by atoms with E-state index < -0.39 is 29.0 Å². The van der Waals surface area contributed by atoms with Crippen LogP contribution in [0.4, 0.5) is 18.9 Å². The Morgan fingerprint density at radius 1 is 1.21 bits per heavy atom. The van der Waals surface area contributed by atoms with Crippen molar-refractivity contribution in [2.45, 2.75) is 12.1 Å². The van der Waals surface area contributed by atoms with Crippen molar-refractivity contribution in [1.29, 1.82) is 0 Å². The number of halogens is 3. The van der Waals surface area contributed by atoms with E-state index in [-0.39, 0.29) is 5.75 Å². The second-order valence-electron chi connectivity index (χ2n) is 5.12. The molecule has 1 amide bonds. The van der Waals surface area contributed by atoms with Crippen LogP contribution in [0.25, 0.3) is 11.0 Å². The second-order valence-corrected chi connectivity index (χ2v) is 6.09. The van der Waals surface area contributed by atoms with Gasteiger partial charge >= 0.3 is 0 Å². The van der Waals surface area contributed by atoms with Crippen molar-refractivity contribution in [2.75, 3.05) is 11.1 Å². The summed E-state index contributed by atoms with van der Waals surface area (Å²) in [5.41, 5.74) is 2.30. The van der Waals surface area contributed by atoms with Gasteiger partial charge in [-0.1, -0.05) is 17.8 Å². The predicted octanol–water partition coefficient (Wildman–Crippen LogP) is 4.02. The number of carbonyl (C=O) groups is 1. The molecule has 1 aromatic heterocycles. The van der Waals surface area contributed by atoms with Crippen LogP contribution in [0.2, 0.25) is 0 Å². The van der Waals surface area contributed by atoms with E-state index >= 15 is 0 Å². The zero-order valence-electron chi connectivity index (χ0n) is 12.5. The number of aromatic nitrogens is 2. The van der Waals surface area contributed by atoms with Gasteiger partial charge in [-0.15, -0.1) is 0 Å². The number of aromatic amines is 1. The van der Waals surface area contributed by atoms with E-state index in [1.165, 1.54) is 0 Å². The number of imidazole rings is 1. The summed E-state index contributed by atoms with van der Waals surface area (Å²) in [4.78, 5) is 19.2. The molecule has 0 atom stereocenters. The average molecular weight is 351 g/mol. The lowest BCUT2D eigenvalue weighted by Gasteiger charge is -2.06. The van der Waals surface area contributed by atoms with E-state index in [0.717, 1.165) is 40.5 Å². The Hall–Kier alpha value is -2.48. The molecule has 3 rings (SSSR count). The molecule has 24 heavy (non-hydrogen) atoms. The standard InChI is InChI=1S/C16H12F3N3OS/c1-8-2-4-10-12(6-8)22-16(21-10)24-7-13(23)20-11-5-3-9(17)14(18)15(11)19/h2-6H,7H2,1H3,(H,20,23)(H,21,22). The topological polar surface area (TPSA) is 57.8 Å². The third-order valence-electron chi connectivity index (χ3n) is 3.26. The monoisotopic (exact) mass is 351 g/mol. The van der Waals surface area contributed by atoms with E-state index in [9.17, 15) is 18.0 Å². The molecule has 0 fully saturated rings. The highest BCUT2D eigenvalue weighted by Crippen LogP contribution is 2.22. The van der Waals surface area contributed by atoms with Crippen LogP contribution in [0, 0.1) is 24.4 Å². The van der Waals surface area contributed by atoms with Gasteiger partial charge in [0.2, 0.25) is 5.91 Å². The van der Waals surface area contributed by atoms with Crippen molar-refractivity contribution in [3.05, 3.63) is 53.3 Å². The Morgan fingerprint density at radius 2 is 2.00 bits per heavy atom. The van der Waals surface area contributed by atoms with Gasteiger partial charge in [-0.25, -0.2) is 18.2 Å². The highest BCUT2D eigenvalue weighted by molar-refractivity contribution is 7.99. The molecule has 0 unspecified atom stereocenters. The number of anilines is 1. The third-order valence-corrected chi connectivity index (χ3v) is 4.14. The summed E-state index contributed by atoms with van der Waals surface area (Å²) in [6.07, 6.45) is 0. The van der Waals surface area contributed by atoms with Crippen LogP contribution < -0.4 is 5.32 Å². The molecule has 8 heteroatoms. The first-order valence-corrected chi connectivity index (χ1v) is 7.95. The molecule has 0 radical (unpaired) electrons. The van der Waals surface area contributed by atoms with Crippen molar-refractivity contribution in [1.82, 2.24) is 9.97 Å². The number of H-pyrrole nitrogens is 1. The smallest absolute Gasteiger partial charge is 0.234 e. The van der Waals surface area contributed by atoms with Gasteiger partial charge in [-0.3, -0.25) is 4.79 Å². The normalized spacial score (nSPS) is 11.0. The first kappa shape index (κ1) is 16.4. The Kier molecular flexibility index (Phi) is 4.48. The van der Waals surface area contributed by atoms with E-state index in [2.05, 4.69) is 15.3 Å². The van der Waals surface area contributed by atoms with Gasteiger partial charge < -0.3 is 10.3 Å². The number of nitrogens with one attached hydrogen (secondary N) is 2. The molecule has 0 spiro atoms. The van der Waals surface area contributed by atoms with Crippen LogP contribution in [0.5, 0.6) is 0 Å². The Bertz CT molecular complexity index is 926. The molecule has 2 aromatic carbocycles. The van der Waals surface area contributed by atoms with E-state index in [1.807, 2.05) is 25.1 Å². The fourth-order valence-corrected chi connectivity index (χ4v) is 2.80. The summed E-state index contributed by atoms with van der Waals surface area (Å²) in [5, 5.41) is 2.75. The fourth-order valence-electron chi connectivity index (χ4n) is 2.11. The molecule has 0 bridgehead atoms. The number of benzene rings is 2. The molecule has 0 aliphatic carbocycles. The number of thioether (sulfide) groups is 1. The Morgan fingerprint density at radius 3 is 2.79 bits per heavy atom. The van der Waals surface area contributed by atoms with Crippen molar-refractivity contribution in [2.24, 2.45) is 0 Å². The second kappa shape index (κ2) is 6.56. The van der Waals surface area contributed by atoms with E-state index in [1.54, 1.807) is 0 Å². The molecule has 1 heterocycles. The van der Waals surface area contributed by atoms with Crippen molar-refractivity contribution < 1.29 is 18.0 Å². The molecular formula is C16H12F3N3OS. The zero-order chi connectivity index (χ0) is 17.3. The summed E-state index contributed by atoms with van der Waals surface area (Å²) in [7, 11) is 0. The maximum atomic E-state index is 13.5. The summed E-state index contributed by atoms with van der Waals surface area (Å²) in [6.45, 7) is 1.96. The number of amides is 1. The van der Waals surface area contributed by atoms with Gasteiger partial charge in [-0.2, -0.15) is 0 Å². The van der Waals surface area contributed by atoms with Gasteiger partial charge in [0, 0.05) is 0 Å². The lowest BCUT2D eigenvalue weighted by Crippen LogP contribution is -2.16. The summed E-state index contributed by atoms with van der Waals surface area (Å²) in [6, 6.07) is 7.45. The first-order valence-electron chi connectivity index (χ1n) is 6.96. The van der Waals surface area contributed by atoms with Gasteiger partial charge in [0.15, 0.2) is 22.6 Å². The average Bonchev–Trinajstić information content (AvgIpc) is 2.95. The summed E-state index contributed by atoms with van der Waals surface area (Å²) < 4.78 is 39.5. The number of rotatable bonds is 4. The minimum Gasteiger partial charge on any atom is -0.333 e. The predicted molar refractivity (Wildman–Crippen MR) is 86.5 cm³/mol. The van der Waals surface area contributed by atoms with Crippen LogP contribution in [-0.2, 0) is 4.79 Å². The minimum atomic E-state index is -1.62. The molecule has 2 N–H and O–H groups in total. The molecular weight excluding hydrogens is 339 g/mol. The third kappa shape index (κ3) is 3.38. The summed E-state index contributed by atoms with van der Waals surface area (Å²) in [5.74, 6) is -4.96. The van der Waals surface area contributed by atoms with Crippen LogP contribution in [0.3, 0.4) is 0 Å². The lowest BCUT2D eigenvalue weighted by molar-refractivity contribution is -0.113. The molecule has 0 aliphatic rings. The van der Waals surface area contributed by atoms with Crippen LogP contribution in [-0.4, -0.2) is 21.6 Å². The molecule has 124 valence electrons. The van der Waals surface area contributed by atoms with Gasteiger partial charge in [0.1, 0.15) is 0 Å². The van der Waals surface area contributed by atoms with Crippen LogP contribution in [0.15, 0.2) is 35.5 Å². The van der Waals surface area contributed by atoms with Gasteiger partial charge in [-0.05, 0) is 36.8 Å². The molecule has 0 saturated carbocycles. The maximum absolute atomic E-state index is 13.5. The Balaban J connectivity index is 1.65. The number of nitrogens with zero attached hydrogens (tertiary/aromatic N) is 1. The number of aryl methyl sites for hydroxylation is 1. The highest BCUT2D eigenvalue weighted by atomic mass is 32.2. The van der Waals surface area contributed by atoms with Crippen LogP contribution in [0.1, 0.15) is 5.56 Å². The zero-order valence-corrected chi connectivity index (χ0v) is 13.3. The van der Waals surface area contributed by atoms with Gasteiger partial charge in [0.05, 0.1) is 22.5 Å². The molecule has 3 aromatic rings. The van der Waals surface area contributed by atoms with E-state index in [4.69, 9.17) is 0 Å². The quantitative estimate of drug-likeness (QED) is 0.551. The number of hydrogen-bond acceptors (Lipinski definition) is 3. The van der Waals surface area contributed by atoms with Crippen LogP contribution >= 0.6 is 11.8 Å². The minimum absolute atomic E-state index is 0.0583. The highest BCUT2D eigenvalue weighted by Gasteiger charge is 2.15. The van der Waals surface area contributed by atoms with Gasteiger partial charge in [0.25, 0.3) is 0 Å². The first-order chi connectivity index (χ1) is 11.4. The van der Waals surface area contributed by atoms with E-state index in [0.29, 0.717) is 5.16 Å². The van der Waals surface area contributed by atoms with Crippen molar-refractivity contribution in [3.63, 3.8) is 0 Å². The maximum Gasteiger partial charge on any atom is 0.234 e. The fraction of sp³-hybridized carbons (Fsp3) is 0.125. The largest absolute Gasteiger partial charge is 0.333 e. The number of fused-ring (bicyclic) bond motifs is 1. The van der Waals surface area contributed by atoms with Crippen molar-refractivity contribution in [3.8, 4) is 0 Å². The molecule has 0 aliphatic heterocycles. The molecule has 4 nitrogen and oxygen atoms in total. The Labute approximate surface area is 139 Å². The van der Waals surface area contributed by atoms with Crippen molar-refractivity contribution >= 4 is 34.4 Å². The molecule has 0 saturated heterocycles. The number of carbonyl (C=O) groups excluding carboxylic acids is 1. The lowest BCUT2D eigenvalue weighted by atomic mass is 10.2. The summed E-state index contributed by atoms with van der Waals surface area (Å²) >= 11 is 1.12. The SMILES string of the molecule is Cc1ccc2nc(SCC(=O)Nc3ccc(F)c(F)c3F)[nH]c2c1. The number of hydrogen-bond donors (Lipinski definition) is 2.